The van der Waals surface area contributed by atoms with Crippen molar-refractivity contribution in [3.63, 3.8) is 0 Å². The highest BCUT2D eigenvalue weighted by Crippen LogP contribution is 2.43. The van der Waals surface area contributed by atoms with Crippen LogP contribution in [0.5, 0.6) is 0 Å². The van der Waals surface area contributed by atoms with Crippen LogP contribution < -0.4 is 0 Å². The number of hydrogen-bond acceptors (Lipinski definition) is 2. The minimum absolute atomic E-state index is 0.487. The lowest BCUT2D eigenvalue weighted by molar-refractivity contribution is 0.0630. The Morgan fingerprint density at radius 1 is 1.36 bits per heavy atom. The van der Waals surface area contributed by atoms with Gasteiger partial charge in [0.2, 0.25) is 0 Å². The summed E-state index contributed by atoms with van der Waals surface area (Å²) in [5.74, 6) is 0. The molecule has 0 aromatic carbocycles. The van der Waals surface area contributed by atoms with Gasteiger partial charge in [-0.15, -0.1) is 0 Å². The maximum absolute atomic E-state index is 8.87. The highest BCUT2D eigenvalue weighted by molar-refractivity contribution is 8.06. The molecule has 0 saturated heterocycles. The first kappa shape index (κ1) is 11.5. The molecule has 0 aliphatic rings. The van der Waals surface area contributed by atoms with Crippen LogP contribution in [-0.4, -0.2) is 15.4 Å². The minimum Gasteiger partial charge on any atom is -0.325 e. The van der Waals surface area contributed by atoms with Crippen LogP contribution in [0.1, 0.15) is 33.6 Å². The Balaban J connectivity index is 4.20. The molecule has 0 atom stereocenters. The van der Waals surface area contributed by atoms with Gasteiger partial charge in [0.25, 0.3) is 0 Å². The first-order valence-electron chi connectivity index (χ1n) is 3.59. The van der Waals surface area contributed by atoms with Gasteiger partial charge in [-0.05, 0) is 31.6 Å². The van der Waals surface area contributed by atoms with E-state index in [0.717, 1.165) is 12.8 Å². The fraction of sp³-hybridized carbons (Fsp3) is 1.00. The molecule has 0 spiro atoms. The third-order valence-corrected chi connectivity index (χ3v) is 2.74. The smallest absolute Gasteiger partial charge is 0.322 e. The number of hydrogen-bond donors (Lipinski definition) is 2. The topological polar surface area (TPSA) is 49.7 Å². The van der Waals surface area contributed by atoms with Crippen LogP contribution >= 0.6 is 6.72 Å². The predicted molar refractivity (Wildman–Crippen MR) is 48.8 cm³/mol. The van der Waals surface area contributed by atoms with E-state index < -0.39 is 12.3 Å². The van der Waals surface area contributed by atoms with Crippen molar-refractivity contribution in [3.05, 3.63) is 0 Å². The Morgan fingerprint density at radius 2 is 1.73 bits per heavy atom. The molecule has 0 aliphatic heterocycles. The van der Waals surface area contributed by atoms with Gasteiger partial charge in [-0.3, -0.25) is 0 Å². The van der Waals surface area contributed by atoms with Crippen LogP contribution in [0.2, 0.25) is 0 Å². The van der Waals surface area contributed by atoms with E-state index in [1.165, 1.54) is 0 Å². The van der Waals surface area contributed by atoms with Crippen LogP contribution in [0.15, 0.2) is 0 Å². The molecular weight excluding hydrogens is 183 g/mol. The van der Waals surface area contributed by atoms with Gasteiger partial charge in [0, 0.05) is 0 Å². The maximum atomic E-state index is 8.87. The molecule has 0 heterocycles. The summed E-state index contributed by atoms with van der Waals surface area (Å²) in [6.45, 7) is 2.18. The highest BCUT2D eigenvalue weighted by Gasteiger charge is 2.26. The molecule has 5 heteroatoms. The Morgan fingerprint density at radius 3 is 1.82 bits per heavy atom. The molecule has 0 amide bonds. The molecule has 0 radical (unpaired) electrons. The van der Waals surface area contributed by atoms with E-state index in [9.17, 15) is 0 Å². The van der Waals surface area contributed by atoms with Crippen molar-refractivity contribution in [1.82, 2.24) is 0 Å². The van der Waals surface area contributed by atoms with Gasteiger partial charge in [0.1, 0.15) is 0 Å². The van der Waals surface area contributed by atoms with E-state index in [-0.39, 0.29) is 0 Å². The molecule has 0 rings (SSSR count). The van der Waals surface area contributed by atoms with Gasteiger partial charge in [-0.2, -0.15) is 0 Å². The summed E-state index contributed by atoms with van der Waals surface area (Å²) in [6, 6.07) is 0. The standard InChI is InChI=1S/C6H15O3PS/c1-4-6(3,5-2)9-10(7,8)11/h4-5H2,1-3H3,(H2,7,8,11). The zero-order valence-electron chi connectivity index (χ0n) is 7.07. The van der Waals surface area contributed by atoms with Crippen molar-refractivity contribution in [1.29, 1.82) is 0 Å². The zero-order valence-corrected chi connectivity index (χ0v) is 8.78. The summed E-state index contributed by atoms with van der Waals surface area (Å²) in [5, 5.41) is 0. The van der Waals surface area contributed by atoms with E-state index in [0.29, 0.717) is 0 Å². The van der Waals surface area contributed by atoms with Crippen molar-refractivity contribution in [2.45, 2.75) is 39.2 Å². The average molecular weight is 198 g/mol. The van der Waals surface area contributed by atoms with E-state index >= 15 is 0 Å². The van der Waals surface area contributed by atoms with Gasteiger partial charge in [-0.25, -0.2) is 0 Å². The van der Waals surface area contributed by atoms with Gasteiger partial charge in [0.15, 0.2) is 0 Å². The van der Waals surface area contributed by atoms with Crippen molar-refractivity contribution in [2.24, 2.45) is 0 Å². The fourth-order valence-electron chi connectivity index (χ4n) is 0.666. The normalized spacial score (nSPS) is 13.5. The van der Waals surface area contributed by atoms with Crippen molar-refractivity contribution in [2.75, 3.05) is 0 Å². The fourth-order valence-corrected chi connectivity index (χ4v) is 2.04. The SMILES string of the molecule is CCC(C)(CC)OP(O)(O)=S. The Hall–Kier alpha value is 0.530. The molecule has 0 bridgehead atoms. The second-order valence-corrected chi connectivity index (χ2v) is 5.33. The predicted octanol–water partition coefficient (Wildman–Crippen LogP) is 1.79. The summed E-state index contributed by atoms with van der Waals surface area (Å²) >= 11 is 4.37. The minimum atomic E-state index is -3.49. The first-order chi connectivity index (χ1) is 4.83. The first-order valence-corrected chi connectivity index (χ1v) is 6.22. The molecule has 3 nitrogen and oxygen atoms in total. The van der Waals surface area contributed by atoms with Crippen molar-refractivity contribution in [3.8, 4) is 0 Å². The van der Waals surface area contributed by atoms with E-state index in [2.05, 4.69) is 11.8 Å². The van der Waals surface area contributed by atoms with E-state index in [1.54, 1.807) is 0 Å². The third kappa shape index (κ3) is 4.88. The Labute approximate surface area is 72.6 Å². The zero-order chi connectivity index (χ0) is 9.12. The van der Waals surface area contributed by atoms with Crippen LogP contribution in [0.25, 0.3) is 0 Å². The van der Waals surface area contributed by atoms with Gasteiger partial charge in [-0.1, -0.05) is 13.8 Å². The van der Waals surface area contributed by atoms with Gasteiger partial charge >= 0.3 is 6.72 Å². The second-order valence-electron chi connectivity index (χ2n) is 2.74. The summed E-state index contributed by atoms with van der Waals surface area (Å²) in [7, 11) is 0. The Bertz CT molecular complexity index is 161. The van der Waals surface area contributed by atoms with Crippen molar-refractivity contribution >= 4 is 18.5 Å². The molecule has 0 aromatic rings. The van der Waals surface area contributed by atoms with E-state index in [1.807, 2.05) is 20.8 Å². The average Bonchev–Trinajstić information content (AvgIpc) is 1.84. The molecule has 68 valence electrons. The summed E-state index contributed by atoms with van der Waals surface area (Å²) in [5.41, 5.74) is -0.487. The summed E-state index contributed by atoms with van der Waals surface area (Å²) in [6.07, 6.45) is 1.45. The molecule has 0 aliphatic carbocycles. The van der Waals surface area contributed by atoms with E-state index in [4.69, 9.17) is 14.3 Å². The molecular formula is C6H15O3PS. The lowest BCUT2D eigenvalue weighted by Crippen LogP contribution is -2.25. The highest BCUT2D eigenvalue weighted by atomic mass is 32.5. The van der Waals surface area contributed by atoms with Crippen LogP contribution in [0.3, 0.4) is 0 Å². The lowest BCUT2D eigenvalue weighted by Gasteiger charge is -2.28. The Kier molecular flexibility index (Phi) is 4.16. The number of rotatable bonds is 4. The molecule has 0 saturated carbocycles. The quantitative estimate of drug-likeness (QED) is 0.676. The molecule has 0 fully saturated rings. The van der Waals surface area contributed by atoms with Gasteiger partial charge < -0.3 is 14.3 Å². The summed E-state index contributed by atoms with van der Waals surface area (Å²) < 4.78 is 4.96. The molecule has 0 aromatic heterocycles. The van der Waals surface area contributed by atoms with Crippen LogP contribution in [0.4, 0.5) is 0 Å². The van der Waals surface area contributed by atoms with Crippen LogP contribution in [0, 0.1) is 0 Å². The van der Waals surface area contributed by atoms with Gasteiger partial charge in [0.05, 0.1) is 5.60 Å². The maximum Gasteiger partial charge on any atom is 0.322 e. The monoisotopic (exact) mass is 198 g/mol. The third-order valence-electron chi connectivity index (χ3n) is 1.84. The van der Waals surface area contributed by atoms with Crippen LogP contribution in [-0.2, 0) is 16.3 Å². The molecule has 11 heavy (non-hydrogen) atoms. The van der Waals surface area contributed by atoms with Crippen molar-refractivity contribution < 1.29 is 14.3 Å². The molecule has 2 N–H and O–H groups in total. The molecule has 0 unspecified atom stereocenters. The summed E-state index contributed by atoms with van der Waals surface area (Å²) in [4.78, 5) is 17.7. The second kappa shape index (κ2) is 3.97. The lowest BCUT2D eigenvalue weighted by atomic mass is 10.0. The largest absolute Gasteiger partial charge is 0.325 e.